The van der Waals surface area contributed by atoms with Crippen molar-refractivity contribution >= 4 is 16.9 Å². The number of carbonyl (C=O) groups is 1. The van der Waals surface area contributed by atoms with Crippen LogP contribution in [0, 0.1) is 0 Å². The maximum Gasteiger partial charge on any atom is 0.240 e. The lowest BCUT2D eigenvalue weighted by Gasteiger charge is -2.25. The molecule has 1 aliphatic carbocycles. The molecule has 2 N–H and O–H groups in total. The van der Waals surface area contributed by atoms with E-state index in [0.717, 1.165) is 29.7 Å². The first kappa shape index (κ1) is 17.0. The number of hydrogen-bond acceptors (Lipinski definition) is 3. The number of nitrogens with zero attached hydrogens (tertiary/aromatic N) is 2. The highest BCUT2D eigenvalue weighted by Gasteiger charge is 2.25. The Kier molecular flexibility index (Phi) is 4.90. The molecule has 5 heteroatoms. The van der Waals surface area contributed by atoms with Gasteiger partial charge in [-0.2, -0.15) is 0 Å². The van der Waals surface area contributed by atoms with Crippen LogP contribution in [-0.2, 0) is 11.3 Å². The standard InChI is InChI=1S/C19H27N3O2/c1-19(2,13-23)21-17(24)12-22-16-11-7-6-10-15(16)20-18(22)14-8-4-3-5-9-14/h6-7,10-11,14,23H,3-5,8-9,12-13H2,1-2H3,(H,21,24). The van der Waals surface area contributed by atoms with Gasteiger partial charge in [-0.05, 0) is 38.8 Å². The highest BCUT2D eigenvalue weighted by molar-refractivity contribution is 5.81. The Balaban J connectivity index is 1.91. The van der Waals surface area contributed by atoms with Gasteiger partial charge in [-0.15, -0.1) is 0 Å². The third-order valence-corrected chi connectivity index (χ3v) is 4.83. The molecular weight excluding hydrogens is 302 g/mol. The second-order valence-corrected chi connectivity index (χ2v) is 7.47. The van der Waals surface area contributed by atoms with E-state index >= 15 is 0 Å². The summed E-state index contributed by atoms with van der Waals surface area (Å²) in [6.07, 6.45) is 6.05. The third kappa shape index (κ3) is 3.61. The van der Waals surface area contributed by atoms with E-state index in [0.29, 0.717) is 5.92 Å². The van der Waals surface area contributed by atoms with Crippen LogP contribution >= 0.6 is 0 Å². The molecule has 1 fully saturated rings. The lowest BCUT2D eigenvalue weighted by Crippen LogP contribution is -2.47. The van der Waals surface area contributed by atoms with Crippen molar-refractivity contribution in [1.29, 1.82) is 0 Å². The molecule has 0 bridgehead atoms. The van der Waals surface area contributed by atoms with Crippen LogP contribution in [0.4, 0.5) is 0 Å². The maximum atomic E-state index is 12.5. The lowest BCUT2D eigenvalue weighted by atomic mass is 9.88. The maximum absolute atomic E-state index is 12.5. The average Bonchev–Trinajstić information content (AvgIpc) is 2.94. The van der Waals surface area contributed by atoms with E-state index in [4.69, 9.17) is 4.98 Å². The van der Waals surface area contributed by atoms with Crippen molar-refractivity contribution in [3.05, 3.63) is 30.1 Å². The second-order valence-electron chi connectivity index (χ2n) is 7.47. The molecule has 1 aromatic heterocycles. The van der Waals surface area contributed by atoms with Gasteiger partial charge in [0, 0.05) is 5.92 Å². The Morgan fingerprint density at radius 3 is 2.71 bits per heavy atom. The molecule has 0 spiro atoms. The number of aromatic nitrogens is 2. The number of aliphatic hydroxyl groups excluding tert-OH is 1. The quantitative estimate of drug-likeness (QED) is 0.886. The van der Waals surface area contributed by atoms with E-state index in [1.807, 2.05) is 38.1 Å². The van der Waals surface area contributed by atoms with Gasteiger partial charge in [0.1, 0.15) is 12.4 Å². The van der Waals surface area contributed by atoms with E-state index < -0.39 is 5.54 Å². The van der Waals surface area contributed by atoms with Crippen molar-refractivity contribution in [2.45, 2.75) is 64.0 Å². The summed E-state index contributed by atoms with van der Waals surface area (Å²) in [5, 5.41) is 12.3. The number of benzene rings is 1. The molecule has 1 amide bonds. The van der Waals surface area contributed by atoms with Crippen LogP contribution in [0.3, 0.4) is 0 Å². The normalized spacial score (nSPS) is 16.5. The van der Waals surface area contributed by atoms with Crippen molar-refractivity contribution in [3.8, 4) is 0 Å². The van der Waals surface area contributed by atoms with Gasteiger partial charge in [0.15, 0.2) is 0 Å². The molecule has 24 heavy (non-hydrogen) atoms. The van der Waals surface area contributed by atoms with Crippen LogP contribution in [0.1, 0.15) is 57.7 Å². The first-order valence-corrected chi connectivity index (χ1v) is 8.87. The molecule has 3 rings (SSSR count). The van der Waals surface area contributed by atoms with Gasteiger partial charge >= 0.3 is 0 Å². The average molecular weight is 329 g/mol. The molecule has 1 aromatic carbocycles. The van der Waals surface area contributed by atoms with Gasteiger partial charge in [-0.3, -0.25) is 4.79 Å². The Morgan fingerprint density at radius 1 is 1.29 bits per heavy atom. The predicted octanol–water partition coefficient (Wildman–Crippen LogP) is 2.97. The monoisotopic (exact) mass is 329 g/mol. The topological polar surface area (TPSA) is 67.2 Å². The van der Waals surface area contributed by atoms with Crippen LogP contribution < -0.4 is 5.32 Å². The summed E-state index contributed by atoms with van der Waals surface area (Å²) in [7, 11) is 0. The van der Waals surface area contributed by atoms with E-state index in [1.54, 1.807) is 0 Å². The Bertz CT molecular complexity index is 714. The van der Waals surface area contributed by atoms with Gasteiger partial charge in [-0.25, -0.2) is 4.98 Å². The first-order valence-electron chi connectivity index (χ1n) is 8.87. The molecule has 130 valence electrons. The van der Waals surface area contributed by atoms with Crippen molar-refractivity contribution in [3.63, 3.8) is 0 Å². The molecule has 1 aliphatic rings. The molecule has 5 nitrogen and oxygen atoms in total. The highest BCUT2D eigenvalue weighted by atomic mass is 16.3. The fourth-order valence-corrected chi connectivity index (χ4v) is 3.53. The molecule has 1 saturated carbocycles. The van der Waals surface area contributed by atoms with E-state index in [-0.39, 0.29) is 19.1 Å². The number of amides is 1. The molecule has 0 atom stereocenters. The number of aliphatic hydroxyl groups is 1. The molecule has 0 unspecified atom stereocenters. The van der Waals surface area contributed by atoms with Gasteiger partial charge < -0.3 is 15.0 Å². The van der Waals surface area contributed by atoms with E-state index in [1.165, 1.54) is 19.3 Å². The Labute approximate surface area is 143 Å². The smallest absolute Gasteiger partial charge is 0.240 e. The number of imidazole rings is 1. The van der Waals surface area contributed by atoms with Gasteiger partial charge in [-0.1, -0.05) is 31.4 Å². The fourth-order valence-electron chi connectivity index (χ4n) is 3.53. The van der Waals surface area contributed by atoms with Crippen molar-refractivity contribution in [2.75, 3.05) is 6.61 Å². The molecule has 1 heterocycles. The number of para-hydroxylation sites is 2. The van der Waals surface area contributed by atoms with Crippen LogP contribution in [-0.4, -0.2) is 32.7 Å². The van der Waals surface area contributed by atoms with Gasteiger partial charge in [0.25, 0.3) is 0 Å². The number of carbonyl (C=O) groups excluding carboxylic acids is 1. The minimum Gasteiger partial charge on any atom is -0.394 e. The minimum absolute atomic E-state index is 0.0844. The number of rotatable bonds is 5. The fraction of sp³-hybridized carbons (Fsp3) is 0.579. The first-order chi connectivity index (χ1) is 11.5. The number of fused-ring (bicyclic) bond motifs is 1. The van der Waals surface area contributed by atoms with Crippen LogP contribution in [0.5, 0.6) is 0 Å². The highest BCUT2D eigenvalue weighted by Crippen LogP contribution is 2.33. The van der Waals surface area contributed by atoms with Crippen molar-refractivity contribution in [2.24, 2.45) is 0 Å². The van der Waals surface area contributed by atoms with Gasteiger partial charge in [0.05, 0.1) is 23.2 Å². The molecule has 0 saturated heterocycles. The number of nitrogens with one attached hydrogen (secondary N) is 1. The zero-order valence-electron chi connectivity index (χ0n) is 14.6. The van der Waals surface area contributed by atoms with Crippen LogP contribution in [0.25, 0.3) is 11.0 Å². The molecule has 0 radical (unpaired) electrons. The lowest BCUT2D eigenvalue weighted by molar-refractivity contribution is -0.123. The summed E-state index contributed by atoms with van der Waals surface area (Å²) < 4.78 is 2.06. The SMILES string of the molecule is CC(C)(CO)NC(=O)Cn1c(C2CCCCC2)nc2ccccc21. The van der Waals surface area contributed by atoms with E-state index in [9.17, 15) is 9.90 Å². The molecule has 0 aliphatic heterocycles. The van der Waals surface area contributed by atoms with Crippen molar-refractivity contribution < 1.29 is 9.90 Å². The zero-order valence-corrected chi connectivity index (χ0v) is 14.6. The van der Waals surface area contributed by atoms with E-state index in [2.05, 4.69) is 9.88 Å². The third-order valence-electron chi connectivity index (χ3n) is 4.83. The summed E-state index contributed by atoms with van der Waals surface area (Å²) >= 11 is 0. The largest absolute Gasteiger partial charge is 0.394 e. The number of hydrogen-bond donors (Lipinski definition) is 2. The summed E-state index contributed by atoms with van der Waals surface area (Å²) in [4.78, 5) is 17.3. The Hall–Kier alpha value is -1.88. The molecule has 2 aromatic rings. The van der Waals surface area contributed by atoms with Crippen LogP contribution in [0.15, 0.2) is 24.3 Å². The predicted molar refractivity (Wildman–Crippen MR) is 94.9 cm³/mol. The summed E-state index contributed by atoms with van der Waals surface area (Å²) in [6.45, 7) is 3.80. The Morgan fingerprint density at radius 2 is 2.00 bits per heavy atom. The molecular formula is C19H27N3O2. The summed E-state index contributed by atoms with van der Waals surface area (Å²) in [5.41, 5.74) is 1.35. The zero-order chi connectivity index (χ0) is 17.2. The van der Waals surface area contributed by atoms with Crippen LogP contribution in [0.2, 0.25) is 0 Å². The van der Waals surface area contributed by atoms with Gasteiger partial charge in [0.2, 0.25) is 5.91 Å². The summed E-state index contributed by atoms with van der Waals surface area (Å²) in [5.74, 6) is 1.38. The van der Waals surface area contributed by atoms with Crippen molar-refractivity contribution in [1.82, 2.24) is 14.9 Å². The second kappa shape index (κ2) is 6.93. The minimum atomic E-state index is -0.613. The summed E-state index contributed by atoms with van der Waals surface area (Å²) in [6, 6.07) is 8.01.